The Morgan fingerprint density at radius 3 is 2.33 bits per heavy atom. The van der Waals surface area contributed by atoms with Gasteiger partial charge in [0.05, 0.1) is 13.7 Å². The number of rotatable bonds is 6. The molecule has 5 nitrogen and oxygen atoms in total. The maximum absolute atomic E-state index is 12.0. The molecule has 0 aliphatic heterocycles. The lowest BCUT2D eigenvalue weighted by molar-refractivity contribution is -0.149. The van der Waals surface area contributed by atoms with Gasteiger partial charge in [0.25, 0.3) is 0 Å². The summed E-state index contributed by atoms with van der Waals surface area (Å²) in [6.07, 6.45) is -0.155. The first-order valence-electron chi connectivity index (χ1n) is 5.48. The first-order valence-corrected chi connectivity index (χ1v) is 5.48. The Kier molecular flexibility index (Phi) is 5.00. The van der Waals surface area contributed by atoms with E-state index < -0.39 is 11.5 Å². The summed E-state index contributed by atoms with van der Waals surface area (Å²) in [5, 5.41) is 0. The normalized spacial score (nSPS) is 13.7. The fraction of sp³-hybridized carbons (Fsp3) is 0.385. The van der Waals surface area contributed by atoms with Gasteiger partial charge in [-0.25, -0.2) is 4.79 Å². The van der Waals surface area contributed by atoms with Crippen molar-refractivity contribution >= 4 is 11.8 Å². The zero-order valence-electron chi connectivity index (χ0n) is 10.5. The SMILES string of the molecule is COCC(N)(CC(=O)c1ccccc1)C(=O)OC. The van der Waals surface area contributed by atoms with Gasteiger partial charge < -0.3 is 15.2 Å². The summed E-state index contributed by atoms with van der Waals surface area (Å²) in [6, 6.07) is 8.65. The maximum atomic E-state index is 12.0. The van der Waals surface area contributed by atoms with Gasteiger partial charge in [-0.1, -0.05) is 30.3 Å². The molecule has 1 atom stereocenters. The highest BCUT2D eigenvalue weighted by atomic mass is 16.5. The van der Waals surface area contributed by atoms with Crippen molar-refractivity contribution in [3.63, 3.8) is 0 Å². The number of ether oxygens (including phenoxy) is 2. The van der Waals surface area contributed by atoms with Crippen LogP contribution in [0.3, 0.4) is 0 Å². The van der Waals surface area contributed by atoms with Gasteiger partial charge in [-0.05, 0) is 0 Å². The smallest absolute Gasteiger partial charge is 0.328 e. The number of Topliss-reactive ketones (excluding diaryl/α,β-unsaturated/α-hetero) is 1. The van der Waals surface area contributed by atoms with Crippen LogP contribution in [-0.4, -0.2) is 38.1 Å². The molecule has 0 aliphatic rings. The van der Waals surface area contributed by atoms with Gasteiger partial charge in [-0.15, -0.1) is 0 Å². The Bertz CT molecular complexity index is 418. The summed E-state index contributed by atoms with van der Waals surface area (Å²) < 4.78 is 9.50. The minimum Gasteiger partial charge on any atom is -0.468 e. The fourth-order valence-electron chi connectivity index (χ4n) is 1.66. The molecule has 98 valence electrons. The Morgan fingerprint density at radius 1 is 1.22 bits per heavy atom. The van der Waals surface area contributed by atoms with Crippen LogP contribution in [0.1, 0.15) is 16.8 Å². The number of carbonyl (C=O) groups is 2. The average Bonchev–Trinajstić information content (AvgIpc) is 2.39. The highest BCUT2D eigenvalue weighted by Crippen LogP contribution is 2.14. The molecule has 0 saturated heterocycles. The third-order valence-corrected chi connectivity index (χ3v) is 2.57. The summed E-state index contributed by atoms with van der Waals surface area (Å²) in [5.74, 6) is -0.880. The van der Waals surface area contributed by atoms with Crippen LogP contribution >= 0.6 is 0 Å². The highest BCUT2D eigenvalue weighted by molar-refractivity contribution is 6.00. The van der Waals surface area contributed by atoms with Crippen LogP contribution in [0, 0.1) is 0 Å². The van der Waals surface area contributed by atoms with Crippen LogP contribution in [0.4, 0.5) is 0 Å². The van der Waals surface area contributed by atoms with Gasteiger partial charge in [0, 0.05) is 19.1 Å². The van der Waals surface area contributed by atoms with E-state index in [-0.39, 0.29) is 18.8 Å². The topological polar surface area (TPSA) is 78.6 Å². The van der Waals surface area contributed by atoms with Crippen molar-refractivity contribution in [2.45, 2.75) is 12.0 Å². The third kappa shape index (κ3) is 3.38. The second kappa shape index (κ2) is 6.28. The molecule has 0 aromatic heterocycles. The first kappa shape index (κ1) is 14.3. The Labute approximate surface area is 106 Å². The monoisotopic (exact) mass is 251 g/mol. The zero-order valence-corrected chi connectivity index (χ0v) is 10.5. The minimum atomic E-state index is -1.45. The van der Waals surface area contributed by atoms with Crippen LogP contribution in [-0.2, 0) is 14.3 Å². The van der Waals surface area contributed by atoms with E-state index >= 15 is 0 Å². The Hall–Kier alpha value is -1.72. The van der Waals surface area contributed by atoms with E-state index in [0.717, 1.165) is 0 Å². The molecule has 0 fully saturated rings. The molecule has 1 rings (SSSR count). The van der Waals surface area contributed by atoms with E-state index in [9.17, 15) is 9.59 Å². The first-order chi connectivity index (χ1) is 8.53. The molecule has 2 N–H and O–H groups in total. The maximum Gasteiger partial charge on any atom is 0.328 e. The molecule has 0 spiro atoms. The standard InChI is InChI=1S/C13H17NO4/c1-17-9-13(14,12(16)18-2)8-11(15)10-6-4-3-5-7-10/h3-7H,8-9,14H2,1-2H3. The minimum absolute atomic E-state index is 0.0712. The third-order valence-electron chi connectivity index (χ3n) is 2.57. The molecule has 0 heterocycles. The summed E-state index contributed by atoms with van der Waals surface area (Å²) in [4.78, 5) is 23.6. The van der Waals surface area contributed by atoms with E-state index in [1.807, 2.05) is 6.07 Å². The molecule has 0 aliphatic carbocycles. The van der Waals surface area contributed by atoms with Gasteiger partial charge in [-0.3, -0.25) is 4.79 Å². The van der Waals surface area contributed by atoms with E-state index in [1.165, 1.54) is 14.2 Å². The van der Waals surface area contributed by atoms with Crippen molar-refractivity contribution in [2.24, 2.45) is 5.73 Å². The van der Waals surface area contributed by atoms with Gasteiger partial charge in [-0.2, -0.15) is 0 Å². The highest BCUT2D eigenvalue weighted by Gasteiger charge is 2.37. The molecule has 1 aromatic rings. The summed E-state index contributed by atoms with van der Waals surface area (Å²) in [7, 11) is 2.64. The molecule has 18 heavy (non-hydrogen) atoms. The summed E-state index contributed by atoms with van der Waals surface area (Å²) in [5.41, 5.74) is 4.94. The van der Waals surface area contributed by atoms with Gasteiger partial charge in [0.1, 0.15) is 5.54 Å². The predicted octanol–water partition coefficient (Wildman–Crippen LogP) is 0.776. The van der Waals surface area contributed by atoms with Crippen LogP contribution in [0.25, 0.3) is 0 Å². The molecule has 5 heteroatoms. The van der Waals surface area contributed by atoms with E-state index in [0.29, 0.717) is 5.56 Å². The summed E-state index contributed by atoms with van der Waals surface area (Å²) in [6.45, 7) is -0.0712. The predicted molar refractivity (Wildman–Crippen MR) is 66.2 cm³/mol. The number of esters is 1. The lowest BCUT2D eigenvalue weighted by Gasteiger charge is -2.24. The number of methoxy groups -OCH3 is 2. The van der Waals surface area contributed by atoms with Crippen LogP contribution in [0.5, 0.6) is 0 Å². The van der Waals surface area contributed by atoms with Crippen molar-refractivity contribution in [1.82, 2.24) is 0 Å². The molecular weight excluding hydrogens is 234 g/mol. The second-order valence-corrected chi connectivity index (χ2v) is 4.05. The zero-order chi connectivity index (χ0) is 13.6. The van der Waals surface area contributed by atoms with Crippen LogP contribution in [0.2, 0.25) is 0 Å². The molecule has 0 saturated carbocycles. The van der Waals surface area contributed by atoms with Crippen molar-refractivity contribution in [3.8, 4) is 0 Å². The van der Waals surface area contributed by atoms with E-state index in [2.05, 4.69) is 4.74 Å². The van der Waals surface area contributed by atoms with Gasteiger partial charge in [0.2, 0.25) is 0 Å². The van der Waals surface area contributed by atoms with Crippen molar-refractivity contribution in [1.29, 1.82) is 0 Å². The Balaban J connectivity index is 2.85. The number of carbonyl (C=O) groups excluding carboxylic acids is 2. The molecule has 0 amide bonds. The molecule has 0 radical (unpaired) electrons. The van der Waals surface area contributed by atoms with Crippen LogP contribution in [0.15, 0.2) is 30.3 Å². The second-order valence-electron chi connectivity index (χ2n) is 4.05. The molecule has 1 unspecified atom stereocenters. The van der Waals surface area contributed by atoms with E-state index in [1.54, 1.807) is 24.3 Å². The van der Waals surface area contributed by atoms with E-state index in [4.69, 9.17) is 10.5 Å². The van der Waals surface area contributed by atoms with Crippen molar-refractivity contribution in [2.75, 3.05) is 20.8 Å². The number of hydrogen-bond acceptors (Lipinski definition) is 5. The largest absolute Gasteiger partial charge is 0.468 e. The van der Waals surface area contributed by atoms with Crippen LogP contribution < -0.4 is 5.73 Å². The molecule has 1 aromatic carbocycles. The van der Waals surface area contributed by atoms with Gasteiger partial charge in [0.15, 0.2) is 5.78 Å². The van der Waals surface area contributed by atoms with Crippen molar-refractivity contribution in [3.05, 3.63) is 35.9 Å². The number of hydrogen-bond donors (Lipinski definition) is 1. The number of nitrogens with two attached hydrogens (primary N) is 1. The quantitative estimate of drug-likeness (QED) is 0.597. The fourth-order valence-corrected chi connectivity index (χ4v) is 1.66. The van der Waals surface area contributed by atoms with Crippen molar-refractivity contribution < 1.29 is 19.1 Å². The van der Waals surface area contributed by atoms with Gasteiger partial charge >= 0.3 is 5.97 Å². The lowest BCUT2D eigenvalue weighted by atomic mass is 9.92. The average molecular weight is 251 g/mol. The molecular formula is C13H17NO4. The number of benzene rings is 1. The lowest BCUT2D eigenvalue weighted by Crippen LogP contribution is -2.53. The Morgan fingerprint density at radius 2 is 1.83 bits per heavy atom. The summed E-state index contributed by atoms with van der Waals surface area (Å²) >= 11 is 0. The number of ketones is 1. The molecule has 0 bridgehead atoms.